The van der Waals surface area contributed by atoms with E-state index in [0.29, 0.717) is 5.56 Å². The third-order valence-electron chi connectivity index (χ3n) is 2.60. The topological polar surface area (TPSA) is 83.5 Å². The second-order valence-corrected chi connectivity index (χ2v) is 6.23. The van der Waals surface area contributed by atoms with Gasteiger partial charge in [-0.25, -0.2) is 17.5 Å². The summed E-state index contributed by atoms with van der Waals surface area (Å²) in [6.45, 7) is 3.14. The zero-order valence-electron chi connectivity index (χ0n) is 10.7. The summed E-state index contributed by atoms with van der Waals surface area (Å²) in [4.78, 5) is 10.3. The minimum Gasteiger partial charge on any atom is -0.481 e. The molecule has 1 atom stereocenters. The number of benzene rings is 1. The highest BCUT2D eigenvalue weighted by molar-refractivity contribution is 7.89. The number of rotatable bonds is 6. The van der Waals surface area contributed by atoms with E-state index in [1.807, 2.05) is 0 Å². The molecule has 0 aliphatic rings. The summed E-state index contributed by atoms with van der Waals surface area (Å²) in [5, 5.41) is 8.57. The van der Waals surface area contributed by atoms with E-state index in [0.717, 1.165) is 6.07 Å². The molecule has 0 saturated carbocycles. The first-order valence-corrected chi connectivity index (χ1v) is 7.18. The summed E-state index contributed by atoms with van der Waals surface area (Å²) in [7, 11) is -3.81. The lowest BCUT2D eigenvalue weighted by atomic mass is 10.1. The molecule has 0 aliphatic heterocycles. The van der Waals surface area contributed by atoms with Gasteiger partial charge in [-0.3, -0.25) is 4.79 Å². The molecule has 0 aliphatic carbocycles. The van der Waals surface area contributed by atoms with E-state index in [1.54, 1.807) is 6.92 Å². The Hall–Kier alpha value is -1.47. The molecule has 1 aromatic carbocycles. The van der Waals surface area contributed by atoms with Crippen LogP contribution in [0.1, 0.15) is 18.9 Å². The van der Waals surface area contributed by atoms with Crippen LogP contribution in [0.25, 0.3) is 0 Å². The number of hydrogen-bond donors (Lipinski definition) is 2. The second-order valence-electron chi connectivity index (χ2n) is 4.47. The number of hydrogen-bond acceptors (Lipinski definition) is 3. The van der Waals surface area contributed by atoms with Crippen molar-refractivity contribution in [2.75, 3.05) is 6.54 Å². The lowest BCUT2D eigenvalue weighted by Crippen LogP contribution is -2.29. The Bertz CT molecular complexity index is 571. The number of nitrogens with one attached hydrogen (secondary N) is 1. The van der Waals surface area contributed by atoms with Gasteiger partial charge in [-0.05, 0) is 30.5 Å². The van der Waals surface area contributed by atoms with Gasteiger partial charge in [-0.15, -0.1) is 0 Å². The number of carbonyl (C=O) groups is 1. The van der Waals surface area contributed by atoms with Gasteiger partial charge in [0.25, 0.3) is 0 Å². The maximum Gasteiger partial charge on any atom is 0.303 e. The van der Waals surface area contributed by atoms with Crippen LogP contribution in [0.3, 0.4) is 0 Å². The van der Waals surface area contributed by atoms with Gasteiger partial charge >= 0.3 is 5.97 Å². The third-order valence-corrected chi connectivity index (χ3v) is 4.02. The van der Waals surface area contributed by atoms with Crippen LogP contribution in [-0.4, -0.2) is 26.0 Å². The van der Waals surface area contributed by atoms with Gasteiger partial charge < -0.3 is 5.11 Å². The number of aliphatic carboxylic acids is 1. The minimum atomic E-state index is -3.81. The molecule has 1 aromatic rings. The number of carboxylic acids is 1. The Morgan fingerprint density at radius 1 is 1.47 bits per heavy atom. The summed E-state index contributed by atoms with van der Waals surface area (Å²) in [5.41, 5.74) is 0.359. The van der Waals surface area contributed by atoms with Gasteiger partial charge in [0.1, 0.15) is 5.82 Å². The fourth-order valence-electron chi connectivity index (χ4n) is 1.45. The van der Waals surface area contributed by atoms with Crippen molar-refractivity contribution in [2.45, 2.75) is 25.2 Å². The summed E-state index contributed by atoms with van der Waals surface area (Å²) < 4.78 is 39.3. The molecule has 0 spiro atoms. The molecule has 19 heavy (non-hydrogen) atoms. The average Bonchev–Trinajstić information content (AvgIpc) is 2.29. The zero-order valence-corrected chi connectivity index (χ0v) is 11.5. The Kier molecular flexibility index (Phi) is 5.02. The van der Waals surface area contributed by atoms with Crippen LogP contribution >= 0.6 is 0 Å². The number of halogens is 1. The molecule has 0 radical (unpaired) electrons. The molecule has 0 heterocycles. The lowest BCUT2D eigenvalue weighted by Gasteiger charge is -2.11. The van der Waals surface area contributed by atoms with Crippen LogP contribution in [0.4, 0.5) is 4.39 Å². The Balaban J connectivity index is 2.76. The van der Waals surface area contributed by atoms with E-state index < -0.39 is 21.8 Å². The minimum absolute atomic E-state index is 0.00979. The third kappa shape index (κ3) is 4.60. The molecular formula is C12H16FNO4S. The van der Waals surface area contributed by atoms with Crippen LogP contribution in [-0.2, 0) is 14.8 Å². The second kappa shape index (κ2) is 6.12. The van der Waals surface area contributed by atoms with Crippen LogP contribution in [0.15, 0.2) is 23.1 Å². The van der Waals surface area contributed by atoms with Crippen LogP contribution in [0.5, 0.6) is 0 Å². The highest BCUT2D eigenvalue weighted by atomic mass is 32.2. The Morgan fingerprint density at radius 2 is 2.11 bits per heavy atom. The molecule has 0 aromatic heterocycles. The molecule has 1 rings (SSSR count). The predicted molar refractivity (Wildman–Crippen MR) is 67.7 cm³/mol. The van der Waals surface area contributed by atoms with Crippen LogP contribution in [0, 0.1) is 18.7 Å². The van der Waals surface area contributed by atoms with Crippen molar-refractivity contribution < 1.29 is 22.7 Å². The van der Waals surface area contributed by atoms with E-state index in [2.05, 4.69) is 4.72 Å². The summed E-state index contributed by atoms with van der Waals surface area (Å²) in [6.07, 6.45) is -0.134. The number of carboxylic acid groups (broad SMARTS) is 1. The first-order valence-electron chi connectivity index (χ1n) is 5.70. The lowest BCUT2D eigenvalue weighted by molar-refractivity contribution is -0.137. The molecular weight excluding hydrogens is 273 g/mol. The summed E-state index contributed by atoms with van der Waals surface area (Å²) in [6, 6.07) is 3.63. The highest BCUT2D eigenvalue weighted by Crippen LogP contribution is 2.14. The van der Waals surface area contributed by atoms with Crippen molar-refractivity contribution in [3.63, 3.8) is 0 Å². The van der Waals surface area contributed by atoms with Crippen LogP contribution in [0.2, 0.25) is 0 Å². The molecule has 0 fully saturated rings. The standard InChI is InChI=1S/C12H16FNO4S/c1-8(5-12(15)16)7-14-19(17,18)10-4-3-9(2)11(13)6-10/h3-4,6,8,14H,5,7H2,1-2H3,(H,15,16). The molecule has 2 N–H and O–H groups in total. The van der Waals surface area contributed by atoms with E-state index in [9.17, 15) is 17.6 Å². The average molecular weight is 289 g/mol. The fourth-order valence-corrected chi connectivity index (χ4v) is 2.62. The Labute approximate surface area is 111 Å². The van der Waals surface area contributed by atoms with E-state index in [1.165, 1.54) is 19.1 Å². The van der Waals surface area contributed by atoms with Gasteiger partial charge in [0.15, 0.2) is 0 Å². The Morgan fingerprint density at radius 3 is 2.63 bits per heavy atom. The smallest absolute Gasteiger partial charge is 0.303 e. The maximum atomic E-state index is 13.3. The molecule has 0 saturated heterocycles. The molecule has 0 bridgehead atoms. The van der Waals surface area contributed by atoms with Gasteiger partial charge in [-0.2, -0.15) is 0 Å². The van der Waals surface area contributed by atoms with Crippen molar-refractivity contribution in [1.82, 2.24) is 4.72 Å². The van der Waals surface area contributed by atoms with Gasteiger partial charge in [0, 0.05) is 13.0 Å². The van der Waals surface area contributed by atoms with Gasteiger partial charge in [0.05, 0.1) is 4.90 Å². The molecule has 1 unspecified atom stereocenters. The number of aryl methyl sites for hydroxylation is 1. The fraction of sp³-hybridized carbons (Fsp3) is 0.417. The van der Waals surface area contributed by atoms with Crippen molar-refractivity contribution >= 4 is 16.0 Å². The molecule has 0 amide bonds. The van der Waals surface area contributed by atoms with Crippen molar-refractivity contribution in [2.24, 2.45) is 5.92 Å². The number of sulfonamides is 1. The van der Waals surface area contributed by atoms with E-state index >= 15 is 0 Å². The molecule has 5 nitrogen and oxygen atoms in total. The summed E-state index contributed by atoms with van der Waals surface area (Å²) >= 11 is 0. The van der Waals surface area contributed by atoms with Gasteiger partial charge in [-0.1, -0.05) is 13.0 Å². The SMILES string of the molecule is Cc1ccc(S(=O)(=O)NCC(C)CC(=O)O)cc1F. The summed E-state index contributed by atoms with van der Waals surface area (Å²) in [5.74, 6) is -1.93. The van der Waals surface area contributed by atoms with Crippen LogP contribution < -0.4 is 4.72 Å². The van der Waals surface area contributed by atoms with E-state index in [-0.39, 0.29) is 23.8 Å². The first-order chi connectivity index (χ1) is 8.72. The normalized spacial score (nSPS) is 13.2. The monoisotopic (exact) mass is 289 g/mol. The first kappa shape index (κ1) is 15.6. The molecule has 106 valence electrons. The van der Waals surface area contributed by atoms with Crippen molar-refractivity contribution in [1.29, 1.82) is 0 Å². The quantitative estimate of drug-likeness (QED) is 0.831. The van der Waals surface area contributed by atoms with E-state index in [4.69, 9.17) is 5.11 Å². The zero-order chi connectivity index (χ0) is 14.6. The van der Waals surface area contributed by atoms with Crippen molar-refractivity contribution in [3.8, 4) is 0 Å². The van der Waals surface area contributed by atoms with Gasteiger partial charge in [0.2, 0.25) is 10.0 Å². The maximum absolute atomic E-state index is 13.3. The van der Waals surface area contributed by atoms with Crippen molar-refractivity contribution in [3.05, 3.63) is 29.6 Å². The molecule has 7 heteroatoms. The predicted octanol–water partition coefficient (Wildman–Crippen LogP) is 1.52. The highest BCUT2D eigenvalue weighted by Gasteiger charge is 2.17. The largest absolute Gasteiger partial charge is 0.481 e.